The van der Waals surface area contributed by atoms with Gasteiger partial charge in [-0.25, -0.2) is 9.98 Å². The molecule has 2 N–H and O–H groups in total. The van der Waals surface area contributed by atoms with E-state index in [1.165, 1.54) is 0 Å². The summed E-state index contributed by atoms with van der Waals surface area (Å²) in [5.41, 5.74) is 2.62. The Labute approximate surface area is 173 Å². The maximum atomic E-state index is 12.2. The van der Waals surface area contributed by atoms with Crippen LogP contribution in [0.5, 0.6) is 0 Å². The minimum atomic E-state index is -4.32. The largest absolute Gasteiger partial charge is 0.411 e. The van der Waals surface area contributed by atoms with Gasteiger partial charge >= 0.3 is 6.18 Å². The molecule has 0 fully saturated rings. The van der Waals surface area contributed by atoms with Crippen molar-refractivity contribution in [1.82, 2.24) is 15.6 Å². The molecule has 158 valence electrons. The van der Waals surface area contributed by atoms with Gasteiger partial charge in [-0.2, -0.15) is 13.2 Å². The molecule has 0 aliphatic heterocycles. The molecule has 0 bridgehead atoms. The third-order valence-electron chi connectivity index (χ3n) is 3.78. The number of aromatic nitrogens is 1. The third kappa shape index (κ3) is 9.62. The Morgan fingerprint density at radius 3 is 2.62 bits per heavy atom. The second-order valence-corrected chi connectivity index (χ2v) is 6.68. The minimum absolute atomic E-state index is 0.0927. The number of ether oxygens (including phenoxy) is 1. The first-order valence-electron chi connectivity index (χ1n) is 9.20. The van der Waals surface area contributed by atoms with Crippen LogP contribution in [0.15, 0.2) is 47.6 Å². The summed E-state index contributed by atoms with van der Waals surface area (Å²) in [5, 5.41) is 6.87. The normalized spacial score (nSPS) is 12.1. The summed E-state index contributed by atoms with van der Waals surface area (Å²) < 4.78 is 41.3. The van der Waals surface area contributed by atoms with Gasteiger partial charge < -0.3 is 15.4 Å². The number of nitrogens with zero attached hydrogens (tertiary/aromatic N) is 2. The molecule has 1 aromatic carbocycles. The summed E-state index contributed by atoms with van der Waals surface area (Å²) in [5.74, 6) is 0.660. The van der Waals surface area contributed by atoms with Crippen molar-refractivity contribution in [2.75, 3.05) is 19.7 Å². The van der Waals surface area contributed by atoms with Crippen molar-refractivity contribution >= 4 is 17.6 Å². The second-order valence-electron chi connectivity index (χ2n) is 6.29. The van der Waals surface area contributed by atoms with E-state index in [9.17, 15) is 13.2 Å². The Hall–Kier alpha value is -2.32. The van der Waals surface area contributed by atoms with E-state index in [2.05, 4.69) is 20.6 Å². The highest BCUT2D eigenvalue weighted by Crippen LogP contribution is 2.16. The van der Waals surface area contributed by atoms with Crippen molar-refractivity contribution < 1.29 is 17.9 Å². The van der Waals surface area contributed by atoms with E-state index in [0.717, 1.165) is 17.5 Å². The number of alkyl halides is 3. The molecule has 0 radical (unpaired) electrons. The number of pyridine rings is 1. The van der Waals surface area contributed by atoms with Crippen molar-refractivity contribution in [1.29, 1.82) is 0 Å². The van der Waals surface area contributed by atoms with E-state index >= 15 is 0 Å². The third-order valence-corrected chi connectivity index (χ3v) is 4.01. The van der Waals surface area contributed by atoms with Crippen LogP contribution in [-0.4, -0.2) is 36.8 Å². The minimum Gasteiger partial charge on any atom is -0.367 e. The topological polar surface area (TPSA) is 58.5 Å². The van der Waals surface area contributed by atoms with E-state index in [1.807, 2.05) is 19.1 Å². The van der Waals surface area contributed by atoms with Crippen molar-refractivity contribution in [3.05, 3.63) is 64.4 Å². The summed E-state index contributed by atoms with van der Waals surface area (Å²) in [7, 11) is 0. The van der Waals surface area contributed by atoms with Gasteiger partial charge in [0.25, 0.3) is 0 Å². The van der Waals surface area contributed by atoms with Crippen molar-refractivity contribution in [2.45, 2.75) is 32.7 Å². The molecular weight excluding hydrogens is 405 g/mol. The van der Waals surface area contributed by atoms with Gasteiger partial charge in [-0.3, -0.25) is 0 Å². The molecule has 1 aromatic heterocycles. The molecule has 5 nitrogen and oxygen atoms in total. The van der Waals surface area contributed by atoms with Gasteiger partial charge in [0.15, 0.2) is 5.96 Å². The van der Waals surface area contributed by atoms with Crippen molar-refractivity contribution in [3.8, 4) is 0 Å². The summed E-state index contributed by atoms with van der Waals surface area (Å²) in [4.78, 5) is 8.58. The van der Waals surface area contributed by atoms with E-state index in [0.29, 0.717) is 36.3 Å². The van der Waals surface area contributed by atoms with Crippen LogP contribution >= 0.6 is 11.6 Å². The van der Waals surface area contributed by atoms with Crippen LogP contribution in [0.4, 0.5) is 13.2 Å². The standard InChI is InChI=1S/C20H24ClF3N4O/c1-2-25-19(26-9-8-15-6-7-18(21)27-11-15)28-12-16-4-3-5-17(10-16)13-29-14-20(22,23)24/h3-7,10-11H,2,8-9,12-14H2,1H3,(H2,25,26,28). The van der Waals surface area contributed by atoms with Crippen LogP contribution in [0.1, 0.15) is 23.6 Å². The lowest BCUT2D eigenvalue weighted by Crippen LogP contribution is -2.38. The van der Waals surface area contributed by atoms with Gasteiger partial charge in [0.2, 0.25) is 0 Å². The van der Waals surface area contributed by atoms with Crippen molar-refractivity contribution in [3.63, 3.8) is 0 Å². The molecule has 9 heteroatoms. The quantitative estimate of drug-likeness (QED) is 0.358. The number of halogens is 4. The summed E-state index contributed by atoms with van der Waals surface area (Å²) in [6, 6.07) is 10.9. The van der Waals surface area contributed by atoms with Crippen LogP contribution < -0.4 is 10.6 Å². The molecule has 0 atom stereocenters. The molecule has 0 saturated carbocycles. The molecule has 0 aliphatic carbocycles. The molecule has 1 heterocycles. The SMILES string of the molecule is CCNC(=NCc1cccc(COCC(F)(F)F)c1)NCCc1ccc(Cl)nc1. The number of benzene rings is 1. The van der Waals surface area contributed by atoms with Gasteiger partial charge in [-0.15, -0.1) is 0 Å². The van der Waals surface area contributed by atoms with Gasteiger partial charge in [0, 0.05) is 19.3 Å². The predicted octanol–water partition coefficient (Wildman–Crippen LogP) is 4.11. The number of guanidine groups is 1. The molecule has 2 rings (SSSR count). The molecular formula is C20H24ClF3N4O. The Bertz CT molecular complexity index is 782. The second kappa shape index (κ2) is 11.6. The Kier molecular flexibility index (Phi) is 9.21. The fraction of sp³-hybridized carbons (Fsp3) is 0.400. The lowest BCUT2D eigenvalue weighted by molar-refractivity contribution is -0.176. The first-order valence-corrected chi connectivity index (χ1v) is 9.58. The molecule has 0 amide bonds. The first kappa shape index (κ1) is 23.0. The number of nitrogens with one attached hydrogen (secondary N) is 2. The predicted molar refractivity (Wildman–Crippen MR) is 108 cm³/mol. The van der Waals surface area contributed by atoms with E-state index < -0.39 is 12.8 Å². The van der Waals surface area contributed by atoms with Gasteiger partial charge in [0.1, 0.15) is 11.8 Å². The average molecular weight is 429 g/mol. The van der Waals surface area contributed by atoms with E-state index in [-0.39, 0.29) is 6.61 Å². The van der Waals surface area contributed by atoms with Crippen LogP contribution in [0.3, 0.4) is 0 Å². The van der Waals surface area contributed by atoms with Gasteiger partial charge in [0.05, 0.1) is 13.2 Å². The number of aliphatic imine (C=N–C) groups is 1. The highest BCUT2D eigenvalue weighted by molar-refractivity contribution is 6.29. The Balaban J connectivity index is 1.86. The lowest BCUT2D eigenvalue weighted by atomic mass is 10.1. The zero-order chi connectivity index (χ0) is 21.1. The number of hydrogen-bond acceptors (Lipinski definition) is 3. The average Bonchev–Trinajstić information content (AvgIpc) is 2.67. The lowest BCUT2D eigenvalue weighted by Gasteiger charge is -2.12. The van der Waals surface area contributed by atoms with Crippen LogP contribution in [0, 0.1) is 0 Å². The number of rotatable bonds is 9. The van der Waals surface area contributed by atoms with Crippen LogP contribution in [0.25, 0.3) is 0 Å². The number of hydrogen-bond donors (Lipinski definition) is 2. The molecule has 0 unspecified atom stereocenters. The molecule has 0 saturated heterocycles. The maximum Gasteiger partial charge on any atom is 0.411 e. The highest BCUT2D eigenvalue weighted by Gasteiger charge is 2.27. The fourth-order valence-corrected chi connectivity index (χ4v) is 2.61. The monoisotopic (exact) mass is 428 g/mol. The van der Waals surface area contributed by atoms with Crippen molar-refractivity contribution in [2.24, 2.45) is 4.99 Å². The van der Waals surface area contributed by atoms with Crippen LogP contribution in [0.2, 0.25) is 5.15 Å². The summed E-state index contributed by atoms with van der Waals surface area (Å²) >= 11 is 5.78. The summed E-state index contributed by atoms with van der Waals surface area (Å²) in [6.45, 7) is 2.39. The summed E-state index contributed by atoms with van der Waals surface area (Å²) in [6.07, 6.45) is -1.82. The van der Waals surface area contributed by atoms with E-state index in [1.54, 1.807) is 30.5 Å². The molecule has 0 spiro atoms. The van der Waals surface area contributed by atoms with E-state index in [4.69, 9.17) is 16.3 Å². The molecule has 0 aliphatic rings. The first-order chi connectivity index (χ1) is 13.9. The maximum absolute atomic E-state index is 12.2. The zero-order valence-electron chi connectivity index (χ0n) is 16.1. The molecule has 29 heavy (non-hydrogen) atoms. The van der Waals surface area contributed by atoms with Crippen LogP contribution in [-0.2, 0) is 24.3 Å². The highest BCUT2D eigenvalue weighted by atomic mass is 35.5. The van der Waals surface area contributed by atoms with Gasteiger partial charge in [-0.05, 0) is 36.1 Å². The Morgan fingerprint density at radius 2 is 1.93 bits per heavy atom. The molecule has 2 aromatic rings. The smallest absolute Gasteiger partial charge is 0.367 e. The fourth-order valence-electron chi connectivity index (χ4n) is 2.49. The Morgan fingerprint density at radius 1 is 1.14 bits per heavy atom. The van der Waals surface area contributed by atoms with Gasteiger partial charge in [-0.1, -0.05) is 41.9 Å². The zero-order valence-corrected chi connectivity index (χ0v) is 16.9.